The van der Waals surface area contributed by atoms with Gasteiger partial charge in [-0.3, -0.25) is 0 Å². The number of aryl methyl sites for hydroxylation is 1. The summed E-state index contributed by atoms with van der Waals surface area (Å²) in [5, 5.41) is 18.2. The third-order valence-corrected chi connectivity index (χ3v) is 2.00. The highest BCUT2D eigenvalue weighted by atomic mass is 16.4. The van der Waals surface area contributed by atoms with Crippen LogP contribution in [-0.4, -0.2) is 5.11 Å². The largest absolute Gasteiger partial charge is 0.463 e. The summed E-state index contributed by atoms with van der Waals surface area (Å²) in [6, 6.07) is 5.52. The van der Waals surface area contributed by atoms with Gasteiger partial charge >= 0.3 is 0 Å². The van der Waals surface area contributed by atoms with Crippen molar-refractivity contribution in [2.45, 2.75) is 26.4 Å². The topological polar surface area (TPSA) is 57.2 Å². The van der Waals surface area contributed by atoms with Crippen LogP contribution in [0.1, 0.15) is 31.5 Å². The van der Waals surface area contributed by atoms with Crippen molar-refractivity contribution in [1.82, 2.24) is 0 Å². The molecule has 0 bridgehead atoms. The first-order valence-corrected chi connectivity index (χ1v) is 4.35. The van der Waals surface area contributed by atoms with Crippen molar-refractivity contribution in [1.29, 1.82) is 5.26 Å². The maximum atomic E-state index is 9.58. The van der Waals surface area contributed by atoms with Gasteiger partial charge in [0.2, 0.25) is 0 Å². The number of hydrogen-bond donors (Lipinski definition) is 1. The molecule has 0 saturated heterocycles. The highest BCUT2D eigenvalue weighted by molar-refractivity contribution is 5.11. The van der Waals surface area contributed by atoms with Crippen LogP contribution < -0.4 is 0 Å². The molecule has 1 aromatic rings. The van der Waals surface area contributed by atoms with Gasteiger partial charge in [-0.05, 0) is 19.1 Å². The standard InChI is InChI=1S/C10H13NO2/c1-3-8-4-5-9(13-8)10(12)7(2)6-11/h4-5,7,10,12H,3H2,1-2H3. The van der Waals surface area contributed by atoms with Crippen molar-refractivity contribution in [2.24, 2.45) is 5.92 Å². The van der Waals surface area contributed by atoms with Crippen molar-refractivity contribution in [3.8, 4) is 6.07 Å². The highest BCUT2D eigenvalue weighted by Crippen LogP contribution is 2.23. The number of aliphatic hydroxyl groups excluding tert-OH is 1. The molecule has 0 saturated carbocycles. The van der Waals surface area contributed by atoms with Gasteiger partial charge in [0.1, 0.15) is 17.6 Å². The van der Waals surface area contributed by atoms with E-state index in [1.807, 2.05) is 19.1 Å². The Morgan fingerprint density at radius 3 is 2.77 bits per heavy atom. The summed E-state index contributed by atoms with van der Waals surface area (Å²) >= 11 is 0. The van der Waals surface area contributed by atoms with Gasteiger partial charge in [0.05, 0.1) is 12.0 Å². The molecule has 1 aromatic heterocycles. The molecule has 0 radical (unpaired) electrons. The first-order chi connectivity index (χ1) is 6.19. The lowest BCUT2D eigenvalue weighted by molar-refractivity contribution is 0.116. The minimum atomic E-state index is -0.815. The average Bonchev–Trinajstić information content (AvgIpc) is 2.63. The van der Waals surface area contributed by atoms with Crippen LogP contribution in [0.3, 0.4) is 0 Å². The van der Waals surface area contributed by atoms with Crippen LogP contribution in [0.15, 0.2) is 16.5 Å². The molecule has 2 unspecified atom stereocenters. The maximum Gasteiger partial charge on any atom is 0.134 e. The molecule has 3 nitrogen and oxygen atoms in total. The fraction of sp³-hybridized carbons (Fsp3) is 0.500. The third-order valence-electron chi connectivity index (χ3n) is 2.00. The zero-order valence-electron chi connectivity index (χ0n) is 7.82. The summed E-state index contributed by atoms with van der Waals surface area (Å²) in [6.07, 6.45) is -0.0153. The average molecular weight is 179 g/mol. The molecule has 0 spiro atoms. The molecule has 0 aliphatic carbocycles. The SMILES string of the molecule is CCc1ccc(C(O)C(C)C#N)o1. The number of furan rings is 1. The molecule has 13 heavy (non-hydrogen) atoms. The summed E-state index contributed by atoms with van der Waals surface area (Å²) in [5.74, 6) is 0.876. The molecule has 3 heteroatoms. The highest BCUT2D eigenvalue weighted by Gasteiger charge is 2.18. The first-order valence-electron chi connectivity index (χ1n) is 4.35. The normalized spacial score (nSPS) is 14.9. The summed E-state index contributed by atoms with van der Waals surface area (Å²) in [6.45, 7) is 3.64. The van der Waals surface area contributed by atoms with Crippen LogP contribution in [-0.2, 0) is 6.42 Å². The number of hydrogen-bond acceptors (Lipinski definition) is 3. The van der Waals surface area contributed by atoms with Gasteiger partial charge in [0.15, 0.2) is 0 Å². The molecule has 0 aromatic carbocycles. The molecule has 1 rings (SSSR count). The summed E-state index contributed by atoms with van der Waals surface area (Å²) < 4.78 is 5.32. The number of nitrogens with zero attached hydrogens (tertiary/aromatic N) is 1. The minimum absolute atomic E-state index is 0.434. The van der Waals surface area contributed by atoms with E-state index in [1.165, 1.54) is 0 Å². The lowest BCUT2D eigenvalue weighted by atomic mass is 10.1. The van der Waals surface area contributed by atoms with E-state index in [1.54, 1.807) is 13.0 Å². The zero-order chi connectivity index (χ0) is 9.84. The Morgan fingerprint density at radius 1 is 1.62 bits per heavy atom. The smallest absolute Gasteiger partial charge is 0.134 e. The van der Waals surface area contributed by atoms with Crippen LogP contribution in [0.5, 0.6) is 0 Å². The zero-order valence-corrected chi connectivity index (χ0v) is 7.82. The van der Waals surface area contributed by atoms with Crippen LogP contribution >= 0.6 is 0 Å². The molecular weight excluding hydrogens is 166 g/mol. The van der Waals surface area contributed by atoms with Gasteiger partial charge in [-0.1, -0.05) is 6.92 Å². The van der Waals surface area contributed by atoms with Crippen molar-refractivity contribution in [3.05, 3.63) is 23.7 Å². The molecule has 1 N–H and O–H groups in total. The Morgan fingerprint density at radius 2 is 2.31 bits per heavy atom. The lowest BCUT2D eigenvalue weighted by Crippen LogP contribution is -2.05. The fourth-order valence-electron chi connectivity index (χ4n) is 1.06. The van der Waals surface area contributed by atoms with E-state index in [-0.39, 0.29) is 0 Å². The Hall–Kier alpha value is -1.27. The van der Waals surface area contributed by atoms with E-state index in [9.17, 15) is 5.11 Å². The van der Waals surface area contributed by atoms with Crippen molar-refractivity contribution in [2.75, 3.05) is 0 Å². The van der Waals surface area contributed by atoms with Crippen LogP contribution in [0.4, 0.5) is 0 Å². The second-order valence-electron chi connectivity index (χ2n) is 3.02. The third kappa shape index (κ3) is 2.10. The molecule has 70 valence electrons. The second-order valence-corrected chi connectivity index (χ2v) is 3.02. The van der Waals surface area contributed by atoms with Gasteiger partial charge in [0.25, 0.3) is 0 Å². The second kappa shape index (κ2) is 4.11. The van der Waals surface area contributed by atoms with E-state index < -0.39 is 12.0 Å². The molecule has 0 aliphatic rings. The quantitative estimate of drug-likeness (QED) is 0.772. The van der Waals surface area contributed by atoms with Crippen molar-refractivity contribution >= 4 is 0 Å². The first kappa shape index (κ1) is 9.82. The van der Waals surface area contributed by atoms with Crippen LogP contribution in [0.25, 0.3) is 0 Å². The van der Waals surface area contributed by atoms with Crippen molar-refractivity contribution in [3.63, 3.8) is 0 Å². The molecule has 2 atom stereocenters. The van der Waals surface area contributed by atoms with E-state index in [0.29, 0.717) is 5.76 Å². The summed E-state index contributed by atoms with van der Waals surface area (Å²) in [7, 11) is 0. The Balaban J connectivity index is 2.78. The minimum Gasteiger partial charge on any atom is -0.463 e. The molecular formula is C10H13NO2. The number of nitriles is 1. The summed E-state index contributed by atoms with van der Waals surface area (Å²) in [4.78, 5) is 0. The molecule has 0 fully saturated rings. The summed E-state index contributed by atoms with van der Waals surface area (Å²) in [5.41, 5.74) is 0. The van der Waals surface area contributed by atoms with E-state index >= 15 is 0 Å². The van der Waals surface area contributed by atoms with Gasteiger partial charge in [-0.15, -0.1) is 0 Å². The predicted octanol–water partition coefficient (Wildman–Crippen LogP) is 2.04. The molecule has 1 heterocycles. The molecule has 0 aliphatic heterocycles. The van der Waals surface area contributed by atoms with E-state index in [0.717, 1.165) is 12.2 Å². The lowest BCUT2D eigenvalue weighted by Gasteiger charge is -2.08. The van der Waals surface area contributed by atoms with E-state index in [4.69, 9.17) is 9.68 Å². The molecule has 0 amide bonds. The predicted molar refractivity (Wildman–Crippen MR) is 47.8 cm³/mol. The van der Waals surface area contributed by atoms with Gasteiger partial charge < -0.3 is 9.52 Å². The van der Waals surface area contributed by atoms with Gasteiger partial charge in [-0.2, -0.15) is 5.26 Å². The van der Waals surface area contributed by atoms with Crippen LogP contribution in [0.2, 0.25) is 0 Å². The van der Waals surface area contributed by atoms with Gasteiger partial charge in [-0.25, -0.2) is 0 Å². The maximum absolute atomic E-state index is 9.58. The Labute approximate surface area is 77.6 Å². The van der Waals surface area contributed by atoms with Crippen LogP contribution in [0, 0.1) is 17.2 Å². The number of aliphatic hydroxyl groups is 1. The van der Waals surface area contributed by atoms with E-state index in [2.05, 4.69) is 0 Å². The Kier molecular flexibility index (Phi) is 3.10. The van der Waals surface area contributed by atoms with Crippen molar-refractivity contribution < 1.29 is 9.52 Å². The monoisotopic (exact) mass is 179 g/mol. The Bertz CT molecular complexity index is 311. The fourth-order valence-corrected chi connectivity index (χ4v) is 1.06. The van der Waals surface area contributed by atoms with Gasteiger partial charge in [0, 0.05) is 6.42 Å². The number of rotatable bonds is 3.